The molecule has 5 aliphatic carbocycles. The van der Waals surface area contributed by atoms with E-state index < -0.39 is 0 Å². The number of hydrogen-bond acceptors (Lipinski definition) is 0. The third-order valence-corrected chi connectivity index (χ3v) is 12.5. The zero-order valence-electron chi connectivity index (χ0n) is 21.6. The zero-order chi connectivity index (χ0) is 21.8. The SMILES string of the molecule is CC1(C)CCC2(C)CC=C3[C@]4(C)CCC5C(C)(C)CCC[C@]5(C)C4CC[C@@]3(C)C2C1. The molecule has 4 saturated carbocycles. The first-order valence-electron chi connectivity index (χ1n) is 13.5. The fourth-order valence-electron chi connectivity index (χ4n) is 11.0. The molecule has 0 aromatic carbocycles. The molecule has 0 aliphatic heterocycles. The lowest BCUT2D eigenvalue weighted by molar-refractivity contribution is -0.155. The Morgan fingerprint density at radius 3 is 2.00 bits per heavy atom. The van der Waals surface area contributed by atoms with Gasteiger partial charge in [-0.2, -0.15) is 0 Å². The number of rotatable bonds is 0. The highest BCUT2D eigenvalue weighted by molar-refractivity contribution is 5.34. The molecular weight excluding hydrogens is 360 g/mol. The molecule has 0 spiro atoms. The van der Waals surface area contributed by atoms with Crippen LogP contribution in [0.4, 0.5) is 0 Å². The predicted octanol–water partition coefficient (Wildman–Crippen LogP) is 9.20. The van der Waals surface area contributed by atoms with Crippen molar-refractivity contribution in [1.29, 1.82) is 0 Å². The summed E-state index contributed by atoms with van der Waals surface area (Å²) in [5, 5.41) is 0. The predicted molar refractivity (Wildman–Crippen MR) is 129 cm³/mol. The molecule has 0 heterocycles. The highest BCUT2D eigenvalue weighted by Crippen LogP contribution is 2.74. The smallest absolute Gasteiger partial charge is 0.00770 e. The molecule has 0 aromatic heterocycles. The van der Waals surface area contributed by atoms with Gasteiger partial charge in [-0.05, 0) is 114 Å². The van der Waals surface area contributed by atoms with E-state index in [1.807, 2.05) is 5.57 Å². The minimum absolute atomic E-state index is 0.448. The molecule has 0 bridgehead atoms. The van der Waals surface area contributed by atoms with E-state index in [-0.39, 0.29) is 0 Å². The Bertz CT molecular complexity index is 754. The summed E-state index contributed by atoms with van der Waals surface area (Å²) in [6.45, 7) is 21.2. The maximum Gasteiger partial charge on any atom is -0.00770 e. The summed E-state index contributed by atoms with van der Waals surface area (Å²) in [6, 6.07) is 0. The Morgan fingerprint density at radius 1 is 0.667 bits per heavy atom. The average molecular weight is 411 g/mol. The summed E-state index contributed by atoms with van der Waals surface area (Å²) < 4.78 is 0. The minimum Gasteiger partial charge on any atom is -0.0837 e. The summed E-state index contributed by atoms with van der Waals surface area (Å²) in [4.78, 5) is 0. The Balaban J connectivity index is 1.56. The molecule has 0 aromatic rings. The first-order valence-corrected chi connectivity index (χ1v) is 13.5. The lowest BCUT2D eigenvalue weighted by atomic mass is 9.35. The van der Waals surface area contributed by atoms with E-state index >= 15 is 0 Å². The first kappa shape index (κ1) is 21.6. The van der Waals surface area contributed by atoms with E-state index in [1.54, 1.807) is 0 Å². The third-order valence-electron chi connectivity index (χ3n) is 12.5. The molecule has 0 radical (unpaired) electrons. The summed E-state index contributed by atoms with van der Waals surface area (Å²) in [7, 11) is 0. The molecule has 170 valence electrons. The fourth-order valence-corrected chi connectivity index (χ4v) is 11.0. The second-order valence-electron chi connectivity index (χ2n) is 15.3. The third kappa shape index (κ3) is 2.70. The van der Waals surface area contributed by atoms with Gasteiger partial charge in [-0.3, -0.25) is 0 Å². The van der Waals surface area contributed by atoms with Crippen molar-refractivity contribution in [2.75, 3.05) is 0 Å². The van der Waals surface area contributed by atoms with Gasteiger partial charge in [0.2, 0.25) is 0 Å². The molecule has 0 N–H and O–H groups in total. The monoisotopic (exact) mass is 410 g/mol. The van der Waals surface area contributed by atoms with Crippen molar-refractivity contribution in [2.24, 2.45) is 50.2 Å². The van der Waals surface area contributed by atoms with E-state index in [9.17, 15) is 0 Å². The molecule has 0 nitrogen and oxygen atoms in total. The van der Waals surface area contributed by atoms with Crippen molar-refractivity contribution in [3.05, 3.63) is 11.6 Å². The van der Waals surface area contributed by atoms with Gasteiger partial charge < -0.3 is 0 Å². The number of hydrogen-bond donors (Lipinski definition) is 0. The summed E-state index contributed by atoms with van der Waals surface area (Å²) in [5.74, 6) is 2.73. The van der Waals surface area contributed by atoms with Gasteiger partial charge in [-0.15, -0.1) is 0 Å². The van der Waals surface area contributed by atoms with Crippen LogP contribution >= 0.6 is 0 Å². The van der Waals surface area contributed by atoms with E-state index in [4.69, 9.17) is 0 Å². The van der Waals surface area contributed by atoms with Crippen LogP contribution < -0.4 is 0 Å². The van der Waals surface area contributed by atoms with Crippen molar-refractivity contribution in [3.8, 4) is 0 Å². The molecule has 7 atom stereocenters. The van der Waals surface area contributed by atoms with Gasteiger partial charge >= 0.3 is 0 Å². The quantitative estimate of drug-likeness (QED) is 0.349. The van der Waals surface area contributed by atoms with Crippen molar-refractivity contribution in [2.45, 2.75) is 126 Å². The molecule has 4 fully saturated rings. The van der Waals surface area contributed by atoms with Crippen molar-refractivity contribution >= 4 is 0 Å². The number of allylic oxidation sites excluding steroid dienone is 2. The van der Waals surface area contributed by atoms with Gasteiger partial charge in [0.15, 0.2) is 0 Å². The van der Waals surface area contributed by atoms with Crippen molar-refractivity contribution in [3.63, 3.8) is 0 Å². The van der Waals surface area contributed by atoms with Gasteiger partial charge in [-0.25, -0.2) is 0 Å². The van der Waals surface area contributed by atoms with Crippen LogP contribution in [0.1, 0.15) is 126 Å². The Kier molecular flexibility index (Phi) is 4.46. The van der Waals surface area contributed by atoms with Crippen molar-refractivity contribution in [1.82, 2.24) is 0 Å². The Morgan fingerprint density at radius 2 is 1.30 bits per heavy atom. The number of fused-ring (bicyclic) bond motifs is 7. The average Bonchev–Trinajstić information content (AvgIpc) is 2.61. The first-order chi connectivity index (χ1) is 13.8. The van der Waals surface area contributed by atoms with E-state index in [0.29, 0.717) is 32.5 Å². The van der Waals surface area contributed by atoms with Crippen LogP contribution in [0.3, 0.4) is 0 Å². The molecule has 0 amide bonds. The van der Waals surface area contributed by atoms with Gasteiger partial charge in [0, 0.05) is 0 Å². The van der Waals surface area contributed by atoms with Crippen LogP contribution in [0.25, 0.3) is 0 Å². The maximum absolute atomic E-state index is 2.83. The Labute approximate surface area is 188 Å². The maximum atomic E-state index is 2.83. The summed E-state index contributed by atoms with van der Waals surface area (Å²) >= 11 is 0. The molecule has 5 rings (SSSR count). The van der Waals surface area contributed by atoms with Gasteiger partial charge in [-0.1, -0.05) is 73.5 Å². The van der Waals surface area contributed by atoms with Crippen LogP contribution in [0.5, 0.6) is 0 Å². The van der Waals surface area contributed by atoms with Crippen LogP contribution in [0.2, 0.25) is 0 Å². The standard InChI is InChI=1S/C30H50/c1-25(2)18-19-27(5)15-10-22-29(7)16-11-21-26(3,4)13-9-14-28(21,6)23(29)12-17-30(22,8)24(27)20-25/h10,21,23-24H,9,11-20H2,1-8H3/t21?,23?,24?,27?,28-,29-,30+/m0/s1. The van der Waals surface area contributed by atoms with Crippen molar-refractivity contribution < 1.29 is 0 Å². The minimum atomic E-state index is 0.448. The normalized spacial score (nSPS) is 54.1. The van der Waals surface area contributed by atoms with Gasteiger partial charge in [0.1, 0.15) is 0 Å². The summed E-state index contributed by atoms with van der Waals surface area (Å²) in [6.07, 6.45) is 18.8. The Hall–Kier alpha value is -0.260. The van der Waals surface area contributed by atoms with E-state index in [1.165, 1.54) is 70.6 Å². The fraction of sp³-hybridized carbons (Fsp3) is 0.933. The molecule has 4 unspecified atom stereocenters. The highest BCUT2D eigenvalue weighted by Gasteiger charge is 2.65. The lowest BCUT2D eigenvalue weighted by Gasteiger charge is -2.70. The van der Waals surface area contributed by atoms with E-state index in [2.05, 4.69) is 61.5 Å². The topological polar surface area (TPSA) is 0 Å². The largest absolute Gasteiger partial charge is 0.0837 e. The van der Waals surface area contributed by atoms with Crippen LogP contribution in [0.15, 0.2) is 11.6 Å². The van der Waals surface area contributed by atoms with Crippen LogP contribution in [-0.2, 0) is 0 Å². The molecule has 30 heavy (non-hydrogen) atoms. The second-order valence-corrected chi connectivity index (χ2v) is 15.3. The van der Waals surface area contributed by atoms with Gasteiger partial charge in [0.05, 0.1) is 0 Å². The molecule has 5 aliphatic rings. The molecular formula is C30H50. The zero-order valence-corrected chi connectivity index (χ0v) is 21.6. The van der Waals surface area contributed by atoms with Crippen LogP contribution in [-0.4, -0.2) is 0 Å². The molecule has 0 heteroatoms. The summed E-state index contributed by atoms with van der Waals surface area (Å²) in [5.41, 5.74) is 5.02. The van der Waals surface area contributed by atoms with Crippen LogP contribution in [0, 0.1) is 50.2 Å². The lowest BCUT2D eigenvalue weighted by Crippen LogP contribution is -2.61. The second kappa shape index (κ2) is 6.20. The van der Waals surface area contributed by atoms with E-state index in [0.717, 1.165) is 17.8 Å². The highest BCUT2D eigenvalue weighted by atomic mass is 14.7. The van der Waals surface area contributed by atoms with Gasteiger partial charge in [0.25, 0.3) is 0 Å². The molecule has 0 saturated heterocycles.